The summed E-state index contributed by atoms with van der Waals surface area (Å²) in [6, 6.07) is 0. The summed E-state index contributed by atoms with van der Waals surface area (Å²) in [5.74, 6) is 1.43. The van der Waals surface area contributed by atoms with Crippen LogP contribution < -0.4 is 0 Å². The van der Waals surface area contributed by atoms with Gasteiger partial charge in [0.05, 0.1) is 6.10 Å². The molecule has 0 aromatic rings. The minimum absolute atomic E-state index is 0.00263. The smallest absolute Gasteiger partial charge is 0.0568 e. The average Bonchev–Trinajstić information content (AvgIpc) is 2.54. The molecule has 1 heterocycles. The van der Waals surface area contributed by atoms with E-state index >= 15 is 0 Å². The lowest BCUT2D eigenvalue weighted by Crippen LogP contribution is -2.22. The highest BCUT2D eigenvalue weighted by atomic mass is 16.5. The van der Waals surface area contributed by atoms with Gasteiger partial charge in [-0.3, -0.25) is 0 Å². The van der Waals surface area contributed by atoms with E-state index < -0.39 is 0 Å². The molecule has 2 aliphatic rings. The second-order valence-corrected chi connectivity index (χ2v) is 4.55. The summed E-state index contributed by atoms with van der Waals surface area (Å²) in [6.45, 7) is 1.88. The molecule has 0 aromatic carbocycles. The van der Waals surface area contributed by atoms with Gasteiger partial charge in [-0.15, -0.1) is 0 Å². The monoisotopic (exact) mass is 184 g/mol. The summed E-state index contributed by atoms with van der Waals surface area (Å²) in [5.41, 5.74) is 0. The van der Waals surface area contributed by atoms with Gasteiger partial charge in [0.15, 0.2) is 0 Å². The second kappa shape index (κ2) is 4.43. The van der Waals surface area contributed by atoms with Gasteiger partial charge in [0.25, 0.3) is 0 Å². The normalized spacial score (nSPS) is 36.7. The van der Waals surface area contributed by atoms with Crippen molar-refractivity contribution in [1.29, 1.82) is 0 Å². The Bertz CT molecular complexity index is 152. The number of rotatable bonds is 2. The SMILES string of the molecule is OC1CCCC1CC1CCOCC1. The first-order valence-electron chi connectivity index (χ1n) is 5.62. The fourth-order valence-corrected chi connectivity index (χ4v) is 2.70. The van der Waals surface area contributed by atoms with Crippen LogP contribution in [0.2, 0.25) is 0 Å². The molecular weight excluding hydrogens is 164 g/mol. The van der Waals surface area contributed by atoms with Gasteiger partial charge in [-0.05, 0) is 43.9 Å². The first kappa shape index (κ1) is 9.47. The van der Waals surface area contributed by atoms with E-state index in [0.717, 1.165) is 25.6 Å². The molecule has 13 heavy (non-hydrogen) atoms. The Morgan fingerprint density at radius 3 is 2.46 bits per heavy atom. The van der Waals surface area contributed by atoms with Crippen LogP contribution in [0.25, 0.3) is 0 Å². The molecule has 1 N–H and O–H groups in total. The molecule has 2 heteroatoms. The van der Waals surface area contributed by atoms with Crippen LogP contribution >= 0.6 is 0 Å². The van der Waals surface area contributed by atoms with Crippen LogP contribution in [-0.2, 0) is 4.74 Å². The molecule has 1 aliphatic carbocycles. The van der Waals surface area contributed by atoms with Gasteiger partial charge >= 0.3 is 0 Å². The highest BCUT2D eigenvalue weighted by Crippen LogP contribution is 2.33. The Morgan fingerprint density at radius 1 is 1.08 bits per heavy atom. The third-order valence-electron chi connectivity index (χ3n) is 3.60. The molecule has 0 radical (unpaired) electrons. The zero-order valence-corrected chi connectivity index (χ0v) is 8.24. The van der Waals surface area contributed by atoms with Crippen LogP contribution in [0.1, 0.15) is 38.5 Å². The molecule has 1 saturated heterocycles. The number of aliphatic hydroxyl groups excluding tert-OH is 1. The lowest BCUT2D eigenvalue weighted by atomic mass is 9.87. The number of aliphatic hydroxyl groups is 1. The van der Waals surface area contributed by atoms with Gasteiger partial charge in [0.1, 0.15) is 0 Å². The minimum atomic E-state index is 0.00263. The van der Waals surface area contributed by atoms with Crippen LogP contribution in [0, 0.1) is 11.8 Å². The lowest BCUT2D eigenvalue weighted by molar-refractivity contribution is 0.0460. The standard InChI is InChI=1S/C11H20O2/c12-11-3-1-2-10(11)8-9-4-6-13-7-5-9/h9-12H,1-8H2. The van der Waals surface area contributed by atoms with Gasteiger partial charge in [0, 0.05) is 13.2 Å². The van der Waals surface area contributed by atoms with E-state index in [1.54, 1.807) is 0 Å². The zero-order chi connectivity index (χ0) is 9.10. The molecular formula is C11H20O2. The highest BCUT2D eigenvalue weighted by Gasteiger charge is 2.28. The van der Waals surface area contributed by atoms with E-state index in [9.17, 15) is 5.11 Å². The van der Waals surface area contributed by atoms with Gasteiger partial charge in [-0.25, -0.2) is 0 Å². The summed E-state index contributed by atoms with van der Waals surface area (Å²) < 4.78 is 5.33. The second-order valence-electron chi connectivity index (χ2n) is 4.55. The van der Waals surface area contributed by atoms with E-state index in [4.69, 9.17) is 4.74 Å². The molecule has 0 bridgehead atoms. The predicted molar refractivity (Wildman–Crippen MR) is 51.5 cm³/mol. The van der Waals surface area contributed by atoms with Crippen LogP contribution in [0.15, 0.2) is 0 Å². The molecule has 2 rings (SSSR count). The van der Waals surface area contributed by atoms with Crippen molar-refractivity contribution < 1.29 is 9.84 Å². The van der Waals surface area contributed by atoms with Crippen LogP contribution in [0.3, 0.4) is 0 Å². The van der Waals surface area contributed by atoms with Crippen molar-refractivity contribution in [2.24, 2.45) is 11.8 Å². The largest absolute Gasteiger partial charge is 0.393 e. The molecule has 0 aromatic heterocycles. The highest BCUT2D eigenvalue weighted by molar-refractivity contribution is 4.79. The average molecular weight is 184 g/mol. The van der Waals surface area contributed by atoms with Crippen molar-refractivity contribution in [3.63, 3.8) is 0 Å². The summed E-state index contributed by atoms with van der Waals surface area (Å²) in [7, 11) is 0. The van der Waals surface area contributed by atoms with Crippen molar-refractivity contribution in [2.45, 2.75) is 44.6 Å². The minimum Gasteiger partial charge on any atom is -0.393 e. The fourth-order valence-electron chi connectivity index (χ4n) is 2.70. The molecule has 0 amide bonds. The van der Waals surface area contributed by atoms with E-state index in [-0.39, 0.29) is 6.10 Å². The quantitative estimate of drug-likeness (QED) is 0.711. The maximum absolute atomic E-state index is 9.69. The van der Waals surface area contributed by atoms with Gasteiger partial charge in [0.2, 0.25) is 0 Å². The van der Waals surface area contributed by atoms with Gasteiger partial charge < -0.3 is 9.84 Å². The van der Waals surface area contributed by atoms with Crippen LogP contribution in [0.4, 0.5) is 0 Å². The van der Waals surface area contributed by atoms with E-state index in [0.29, 0.717) is 5.92 Å². The summed E-state index contributed by atoms with van der Waals surface area (Å²) in [6.07, 6.45) is 7.18. The van der Waals surface area contributed by atoms with E-state index in [2.05, 4.69) is 0 Å². The molecule has 2 fully saturated rings. The van der Waals surface area contributed by atoms with Crippen LogP contribution in [-0.4, -0.2) is 24.4 Å². The molecule has 2 atom stereocenters. The maximum Gasteiger partial charge on any atom is 0.0568 e. The molecule has 76 valence electrons. The van der Waals surface area contributed by atoms with E-state index in [1.807, 2.05) is 0 Å². The molecule has 0 spiro atoms. The Hall–Kier alpha value is -0.0800. The third-order valence-corrected chi connectivity index (χ3v) is 3.60. The van der Waals surface area contributed by atoms with Crippen molar-refractivity contribution in [3.8, 4) is 0 Å². The zero-order valence-electron chi connectivity index (χ0n) is 8.24. The first-order valence-corrected chi connectivity index (χ1v) is 5.62. The Labute approximate surface area is 80.3 Å². The molecule has 2 unspecified atom stereocenters. The number of hydrogen-bond donors (Lipinski definition) is 1. The third kappa shape index (κ3) is 2.44. The van der Waals surface area contributed by atoms with Crippen molar-refractivity contribution >= 4 is 0 Å². The molecule has 1 saturated carbocycles. The van der Waals surface area contributed by atoms with Gasteiger partial charge in [-0.1, -0.05) is 6.42 Å². The number of ether oxygens (including phenoxy) is 1. The Morgan fingerprint density at radius 2 is 1.85 bits per heavy atom. The van der Waals surface area contributed by atoms with Crippen molar-refractivity contribution in [1.82, 2.24) is 0 Å². The predicted octanol–water partition coefficient (Wildman–Crippen LogP) is 1.96. The lowest BCUT2D eigenvalue weighted by Gasteiger charge is -2.25. The number of hydrogen-bond acceptors (Lipinski definition) is 2. The van der Waals surface area contributed by atoms with E-state index in [1.165, 1.54) is 32.1 Å². The Kier molecular flexibility index (Phi) is 3.23. The van der Waals surface area contributed by atoms with Gasteiger partial charge in [-0.2, -0.15) is 0 Å². The summed E-state index contributed by atoms with van der Waals surface area (Å²) in [4.78, 5) is 0. The topological polar surface area (TPSA) is 29.5 Å². The van der Waals surface area contributed by atoms with Crippen molar-refractivity contribution in [3.05, 3.63) is 0 Å². The molecule has 2 nitrogen and oxygen atoms in total. The summed E-state index contributed by atoms with van der Waals surface area (Å²) in [5, 5.41) is 9.69. The van der Waals surface area contributed by atoms with Crippen LogP contribution in [0.5, 0.6) is 0 Å². The summed E-state index contributed by atoms with van der Waals surface area (Å²) >= 11 is 0. The maximum atomic E-state index is 9.69. The Balaban J connectivity index is 1.75. The molecule has 1 aliphatic heterocycles. The fraction of sp³-hybridized carbons (Fsp3) is 1.00. The van der Waals surface area contributed by atoms with Crippen molar-refractivity contribution in [2.75, 3.05) is 13.2 Å². The first-order chi connectivity index (χ1) is 6.36.